The molecule has 1 heterocycles. The fraction of sp³-hybridized carbons (Fsp3) is 0.417. The second kappa shape index (κ2) is 13.2. The molecule has 3 rings (SSSR count). The fourth-order valence-corrected chi connectivity index (χ4v) is 3.56. The summed E-state index contributed by atoms with van der Waals surface area (Å²) in [6, 6.07) is 16.3. The molecule has 0 saturated carbocycles. The number of aliphatic imine (C=N–C) groups is 1. The largest absolute Gasteiger partial charge is 0.497 e. The highest BCUT2D eigenvalue weighted by atomic mass is 127. The highest BCUT2D eigenvalue weighted by Gasteiger charge is 2.19. The van der Waals surface area contributed by atoms with Gasteiger partial charge in [-0.05, 0) is 48.6 Å². The third-order valence-corrected chi connectivity index (χ3v) is 5.27. The van der Waals surface area contributed by atoms with Crippen LogP contribution in [0.25, 0.3) is 0 Å². The molecule has 7 heteroatoms. The van der Waals surface area contributed by atoms with E-state index in [1.54, 1.807) is 7.11 Å². The number of ether oxygens (including phenoxy) is 1. The van der Waals surface area contributed by atoms with Gasteiger partial charge in [0.1, 0.15) is 5.75 Å². The predicted molar refractivity (Wildman–Crippen MR) is 136 cm³/mol. The minimum atomic E-state index is 0. The Morgan fingerprint density at radius 2 is 1.84 bits per heavy atom. The van der Waals surface area contributed by atoms with Crippen molar-refractivity contribution in [1.29, 1.82) is 0 Å². The van der Waals surface area contributed by atoms with Crippen LogP contribution < -0.4 is 15.4 Å². The average molecular weight is 536 g/mol. The Morgan fingerprint density at radius 3 is 2.55 bits per heavy atom. The number of hydrogen-bond acceptors (Lipinski definition) is 3. The van der Waals surface area contributed by atoms with Crippen LogP contribution in [-0.4, -0.2) is 43.5 Å². The summed E-state index contributed by atoms with van der Waals surface area (Å²) in [5, 5.41) is 6.59. The van der Waals surface area contributed by atoms with Crippen molar-refractivity contribution in [2.45, 2.75) is 39.3 Å². The number of guanidine groups is 1. The second-order valence-electron chi connectivity index (χ2n) is 7.41. The molecule has 0 atom stereocenters. The van der Waals surface area contributed by atoms with E-state index in [0.29, 0.717) is 19.5 Å². The minimum absolute atomic E-state index is 0. The Morgan fingerprint density at radius 1 is 1.10 bits per heavy atom. The number of nitrogens with zero attached hydrogens (tertiary/aromatic N) is 2. The first-order chi connectivity index (χ1) is 14.7. The smallest absolute Gasteiger partial charge is 0.222 e. The summed E-state index contributed by atoms with van der Waals surface area (Å²) in [6.45, 7) is 5.68. The number of carbonyl (C=O) groups excluding carboxylic acids is 1. The van der Waals surface area contributed by atoms with Gasteiger partial charge in [-0.1, -0.05) is 36.4 Å². The number of benzene rings is 2. The van der Waals surface area contributed by atoms with Gasteiger partial charge in [0.15, 0.2) is 5.96 Å². The first-order valence-electron chi connectivity index (χ1n) is 10.7. The molecule has 0 unspecified atom stereocenters. The molecule has 1 aliphatic heterocycles. The van der Waals surface area contributed by atoms with Gasteiger partial charge in [-0.25, -0.2) is 4.99 Å². The van der Waals surface area contributed by atoms with Crippen LogP contribution in [0.1, 0.15) is 36.5 Å². The van der Waals surface area contributed by atoms with Crippen molar-refractivity contribution in [2.24, 2.45) is 4.99 Å². The topological polar surface area (TPSA) is 66.0 Å². The van der Waals surface area contributed by atoms with Crippen molar-refractivity contribution >= 4 is 35.8 Å². The number of methoxy groups -OCH3 is 1. The Hall–Kier alpha value is -2.29. The second-order valence-corrected chi connectivity index (χ2v) is 7.41. The van der Waals surface area contributed by atoms with Crippen LogP contribution in [0.3, 0.4) is 0 Å². The Bertz CT molecular complexity index is 855. The van der Waals surface area contributed by atoms with Crippen LogP contribution in [0.5, 0.6) is 5.75 Å². The number of halogens is 1. The Labute approximate surface area is 202 Å². The summed E-state index contributed by atoms with van der Waals surface area (Å²) >= 11 is 0. The van der Waals surface area contributed by atoms with Crippen molar-refractivity contribution in [2.75, 3.05) is 26.7 Å². The van der Waals surface area contributed by atoms with Crippen molar-refractivity contribution in [1.82, 2.24) is 15.5 Å². The van der Waals surface area contributed by atoms with E-state index in [0.717, 1.165) is 49.7 Å². The van der Waals surface area contributed by atoms with E-state index in [1.165, 1.54) is 11.1 Å². The van der Waals surface area contributed by atoms with Crippen LogP contribution in [0.2, 0.25) is 0 Å². The molecule has 2 aromatic rings. The van der Waals surface area contributed by atoms with Gasteiger partial charge in [0.25, 0.3) is 0 Å². The van der Waals surface area contributed by atoms with Gasteiger partial charge in [0.05, 0.1) is 13.7 Å². The maximum atomic E-state index is 12.6. The molecule has 2 N–H and O–H groups in total. The molecule has 2 aromatic carbocycles. The van der Waals surface area contributed by atoms with Gasteiger partial charge in [-0.15, -0.1) is 24.0 Å². The molecule has 0 saturated heterocycles. The molecule has 1 aliphatic rings. The van der Waals surface area contributed by atoms with Crippen LogP contribution in [0, 0.1) is 0 Å². The summed E-state index contributed by atoms with van der Waals surface area (Å²) in [7, 11) is 1.66. The maximum Gasteiger partial charge on any atom is 0.222 e. The van der Waals surface area contributed by atoms with Crippen LogP contribution >= 0.6 is 24.0 Å². The standard InChI is InChI=1S/C24H32N4O2.HI/c1-3-25-24(27-17-19-10-12-22(30-2)13-11-19)26-15-6-9-23(29)28-16-14-20-7-4-5-8-21(20)18-28;/h4-5,7-8,10-13H,3,6,9,14-18H2,1-2H3,(H2,25,26,27);1H. The quantitative estimate of drug-likeness (QED) is 0.234. The summed E-state index contributed by atoms with van der Waals surface area (Å²) in [5.74, 6) is 1.84. The van der Waals surface area contributed by atoms with Crippen LogP contribution in [-0.2, 0) is 24.3 Å². The fourth-order valence-electron chi connectivity index (χ4n) is 3.56. The first-order valence-corrected chi connectivity index (χ1v) is 10.7. The summed E-state index contributed by atoms with van der Waals surface area (Å²) < 4.78 is 5.19. The number of hydrogen-bond donors (Lipinski definition) is 2. The third-order valence-electron chi connectivity index (χ3n) is 5.27. The highest BCUT2D eigenvalue weighted by Crippen LogP contribution is 2.19. The van der Waals surface area contributed by atoms with Crippen molar-refractivity contribution in [3.05, 3.63) is 65.2 Å². The summed E-state index contributed by atoms with van der Waals surface area (Å²) in [6.07, 6.45) is 2.28. The van der Waals surface area contributed by atoms with E-state index >= 15 is 0 Å². The van der Waals surface area contributed by atoms with Gasteiger partial charge in [0, 0.05) is 32.6 Å². The molecule has 1 amide bonds. The average Bonchev–Trinajstić information content (AvgIpc) is 2.80. The zero-order valence-electron chi connectivity index (χ0n) is 18.4. The number of rotatable bonds is 8. The van der Waals surface area contributed by atoms with Crippen molar-refractivity contribution in [3.63, 3.8) is 0 Å². The number of nitrogens with one attached hydrogen (secondary N) is 2. The van der Waals surface area contributed by atoms with Crippen LogP contribution in [0.15, 0.2) is 53.5 Å². The zero-order chi connectivity index (χ0) is 21.2. The van der Waals surface area contributed by atoms with Crippen LogP contribution in [0.4, 0.5) is 0 Å². The van der Waals surface area contributed by atoms with Gasteiger partial charge in [-0.3, -0.25) is 4.79 Å². The zero-order valence-corrected chi connectivity index (χ0v) is 20.7. The van der Waals surface area contributed by atoms with Gasteiger partial charge in [0.2, 0.25) is 5.91 Å². The van der Waals surface area contributed by atoms with E-state index in [9.17, 15) is 4.79 Å². The maximum absolute atomic E-state index is 12.6. The normalized spacial score (nSPS) is 13.1. The molecule has 168 valence electrons. The molecule has 0 fully saturated rings. The van der Waals surface area contributed by atoms with E-state index in [-0.39, 0.29) is 29.9 Å². The highest BCUT2D eigenvalue weighted by molar-refractivity contribution is 14.0. The SMILES string of the molecule is CCNC(=NCc1ccc(OC)cc1)NCCCC(=O)N1CCc2ccccc2C1.I. The molecule has 0 radical (unpaired) electrons. The lowest BCUT2D eigenvalue weighted by molar-refractivity contribution is -0.132. The number of fused-ring (bicyclic) bond motifs is 1. The summed E-state index contributed by atoms with van der Waals surface area (Å²) in [4.78, 5) is 19.2. The minimum Gasteiger partial charge on any atom is -0.497 e. The molecule has 6 nitrogen and oxygen atoms in total. The van der Waals surface area contributed by atoms with E-state index in [4.69, 9.17) is 4.74 Å². The molecular formula is C24H33IN4O2. The molecule has 0 aromatic heterocycles. The number of amides is 1. The number of carbonyl (C=O) groups is 1. The monoisotopic (exact) mass is 536 g/mol. The lowest BCUT2D eigenvalue weighted by atomic mass is 9.99. The lowest BCUT2D eigenvalue weighted by Crippen LogP contribution is -2.39. The molecule has 0 spiro atoms. The molecule has 0 aliphatic carbocycles. The van der Waals surface area contributed by atoms with Gasteiger partial charge < -0.3 is 20.3 Å². The third kappa shape index (κ3) is 7.72. The molecular weight excluding hydrogens is 503 g/mol. The van der Waals surface area contributed by atoms with Crippen molar-refractivity contribution in [3.8, 4) is 5.75 Å². The lowest BCUT2D eigenvalue weighted by Gasteiger charge is -2.29. The first kappa shape index (κ1) is 25.0. The van der Waals surface area contributed by atoms with Gasteiger partial charge in [-0.2, -0.15) is 0 Å². The van der Waals surface area contributed by atoms with E-state index < -0.39 is 0 Å². The van der Waals surface area contributed by atoms with Gasteiger partial charge >= 0.3 is 0 Å². The van der Waals surface area contributed by atoms with E-state index in [1.807, 2.05) is 42.2 Å². The predicted octanol–water partition coefficient (Wildman–Crippen LogP) is 3.73. The Balaban J connectivity index is 0.00000341. The molecule has 31 heavy (non-hydrogen) atoms. The van der Waals surface area contributed by atoms with E-state index in [2.05, 4.69) is 33.8 Å². The molecule has 0 bridgehead atoms. The summed E-state index contributed by atoms with van der Waals surface area (Å²) in [5.41, 5.74) is 3.76. The Kier molecular flexibility index (Phi) is 10.6. The van der Waals surface area contributed by atoms with Crippen molar-refractivity contribution < 1.29 is 9.53 Å².